The Kier molecular flexibility index (Phi) is 13.3. The molecule has 3 aromatic carbocycles. The van der Waals surface area contributed by atoms with Crippen molar-refractivity contribution in [3.8, 4) is 23.0 Å². The van der Waals surface area contributed by atoms with Gasteiger partial charge in [0.2, 0.25) is 0 Å². The van der Waals surface area contributed by atoms with Crippen LogP contribution in [0.1, 0.15) is 75.5 Å². The Balaban J connectivity index is 1.73. The molecule has 5 bridgehead atoms. The zero-order chi connectivity index (χ0) is 43.7. The standard InChI is InChI=1S/C45H54N2O12/c1-21-14-16-29(17-15-21)46-20-30-35-40(53)33-32(39(30)52)34-42(27(7)38(33)51)59-45(9,43(34)54)57-19-18-31(56-10)24(4)41(58-28(8)48)26(6)37(50)25(5)36(49)22(2)12-11-13-23(3)44(55)47-35/h11-20,22,24-26,31,36-37,41,49-53H,1-10H3,(H,47,55)/b12-11+,19-18+,23-13-,46-20?/t22-,24-,25+,26-,31-,36-,37+,41+,45-/m0/s1. The fourth-order valence-corrected chi connectivity index (χ4v) is 7.64. The van der Waals surface area contributed by atoms with Gasteiger partial charge in [-0.15, -0.1) is 0 Å². The van der Waals surface area contributed by atoms with Crippen molar-refractivity contribution < 1.29 is 58.9 Å². The van der Waals surface area contributed by atoms with Crippen LogP contribution in [0.3, 0.4) is 0 Å². The molecule has 9 atom stereocenters. The number of hydrogen-bond donors (Lipinski definition) is 6. The maximum absolute atomic E-state index is 14.4. The van der Waals surface area contributed by atoms with Crippen LogP contribution in [0.15, 0.2) is 65.4 Å². The predicted octanol–water partition coefficient (Wildman–Crippen LogP) is 6.81. The van der Waals surface area contributed by atoms with Crippen molar-refractivity contribution in [2.24, 2.45) is 28.7 Å². The first-order chi connectivity index (χ1) is 27.7. The second-order valence-electron chi connectivity index (χ2n) is 15.7. The van der Waals surface area contributed by atoms with Crippen molar-refractivity contribution in [1.29, 1.82) is 0 Å². The SMILES string of the molecule is CO[C@H]1/C=C/O[C@@]2(C)Oc3c(C)c(O)c4c(O)c(c(C=Nc5ccc(C)cc5)c(O)c4c3C2=O)NC(=O)/C(C)=C\C=C\[C@H](C)[C@H](O)[C@@H](C)[C@@H](O)[C@H](C)[C@H](OC(C)=O)[C@H]1C. The third-order valence-corrected chi connectivity index (χ3v) is 11.4. The van der Waals surface area contributed by atoms with Gasteiger partial charge in [-0.1, -0.05) is 63.6 Å². The summed E-state index contributed by atoms with van der Waals surface area (Å²) in [6, 6.07) is 7.12. The molecule has 3 heterocycles. The van der Waals surface area contributed by atoms with E-state index in [2.05, 4.69) is 10.3 Å². The minimum Gasteiger partial charge on any atom is -0.507 e. The van der Waals surface area contributed by atoms with E-state index >= 15 is 0 Å². The first-order valence-corrected chi connectivity index (χ1v) is 19.4. The number of carbonyl (C=O) groups is 3. The molecule has 14 nitrogen and oxygen atoms in total. The number of ketones is 1. The molecule has 14 heteroatoms. The van der Waals surface area contributed by atoms with Gasteiger partial charge < -0.3 is 49.8 Å². The second kappa shape index (κ2) is 17.7. The minimum absolute atomic E-state index is 0.0441. The first kappa shape index (κ1) is 44.4. The highest BCUT2D eigenvalue weighted by molar-refractivity contribution is 6.24. The Bertz CT molecular complexity index is 2240. The van der Waals surface area contributed by atoms with Crippen molar-refractivity contribution in [2.75, 3.05) is 12.4 Å². The van der Waals surface area contributed by atoms with Gasteiger partial charge in [0.25, 0.3) is 11.7 Å². The first-order valence-electron chi connectivity index (χ1n) is 19.4. The van der Waals surface area contributed by atoms with Crippen LogP contribution in [0.2, 0.25) is 0 Å². The summed E-state index contributed by atoms with van der Waals surface area (Å²) < 4.78 is 23.6. The zero-order valence-corrected chi connectivity index (χ0v) is 34.9. The van der Waals surface area contributed by atoms with Crippen LogP contribution in [-0.4, -0.2) is 86.7 Å². The molecule has 0 aromatic heterocycles. The number of phenols is 3. The lowest BCUT2D eigenvalue weighted by molar-refractivity contribution is -0.160. The number of aliphatic hydroxyl groups is 2. The quantitative estimate of drug-likeness (QED) is 0.0694. The van der Waals surface area contributed by atoms with E-state index in [-0.39, 0.29) is 44.5 Å². The fraction of sp³-hybridized carbons (Fsp3) is 0.422. The molecule has 0 aliphatic carbocycles. The van der Waals surface area contributed by atoms with Gasteiger partial charge in [-0.2, -0.15) is 0 Å². The van der Waals surface area contributed by atoms with E-state index < -0.39 is 88.8 Å². The lowest BCUT2D eigenvalue weighted by atomic mass is 9.78. The van der Waals surface area contributed by atoms with E-state index in [0.717, 1.165) is 5.56 Å². The molecule has 0 fully saturated rings. The number of aliphatic hydroxyl groups excluding tert-OH is 2. The number of nitrogens with one attached hydrogen (secondary N) is 1. The van der Waals surface area contributed by atoms with Crippen LogP contribution in [-0.2, 0) is 23.8 Å². The lowest BCUT2D eigenvalue weighted by Crippen LogP contribution is -2.46. The van der Waals surface area contributed by atoms with Gasteiger partial charge >= 0.3 is 11.8 Å². The molecule has 316 valence electrons. The number of carbonyl (C=O) groups excluding carboxylic acids is 3. The number of fused-ring (bicyclic) bond motifs is 14. The van der Waals surface area contributed by atoms with Crippen LogP contribution >= 0.6 is 0 Å². The Hall–Kier alpha value is -5.70. The van der Waals surface area contributed by atoms with Gasteiger partial charge in [-0.3, -0.25) is 19.4 Å². The van der Waals surface area contributed by atoms with Gasteiger partial charge in [0.1, 0.15) is 23.4 Å². The highest BCUT2D eigenvalue weighted by Gasteiger charge is 2.50. The number of benzene rings is 3. The van der Waals surface area contributed by atoms with Crippen LogP contribution in [0.5, 0.6) is 23.0 Å². The number of amides is 1. The third-order valence-electron chi connectivity index (χ3n) is 11.4. The molecule has 0 spiro atoms. The second-order valence-corrected chi connectivity index (χ2v) is 15.7. The predicted molar refractivity (Wildman–Crippen MR) is 222 cm³/mol. The van der Waals surface area contributed by atoms with Crippen LogP contribution in [0.4, 0.5) is 11.4 Å². The van der Waals surface area contributed by atoms with Crippen molar-refractivity contribution in [3.05, 3.63) is 82.7 Å². The number of esters is 1. The van der Waals surface area contributed by atoms with E-state index in [9.17, 15) is 39.9 Å². The Morgan fingerprint density at radius 2 is 1.56 bits per heavy atom. The van der Waals surface area contributed by atoms with Crippen LogP contribution in [0.25, 0.3) is 10.8 Å². The van der Waals surface area contributed by atoms with Crippen LogP contribution in [0, 0.1) is 37.5 Å². The highest BCUT2D eigenvalue weighted by Crippen LogP contribution is 2.55. The zero-order valence-electron chi connectivity index (χ0n) is 34.9. The van der Waals surface area contributed by atoms with Crippen molar-refractivity contribution in [1.82, 2.24) is 0 Å². The van der Waals surface area contributed by atoms with Gasteiger partial charge in [0.15, 0.2) is 5.75 Å². The molecule has 59 heavy (non-hydrogen) atoms. The summed E-state index contributed by atoms with van der Waals surface area (Å²) in [7, 11) is 1.43. The normalized spacial score (nSPS) is 30.1. The number of ether oxygens (including phenoxy) is 4. The van der Waals surface area contributed by atoms with E-state index in [1.807, 2.05) is 19.1 Å². The summed E-state index contributed by atoms with van der Waals surface area (Å²) in [5.41, 5.74) is 0.994. The topological polar surface area (TPSA) is 214 Å². The number of methoxy groups -OCH3 is 1. The lowest BCUT2D eigenvalue weighted by Gasteiger charge is -2.38. The molecule has 1 amide bonds. The molecule has 0 radical (unpaired) electrons. The van der Waals surface area contributed by atoms with Crippen molar-refractivity contribution in [2.45, 2.75) is 92.5 Å². The number of aryl methyl sites for hydroxylation is 1. The molecule has 3 aromatic rings. The number of hydrogen-bond acceptors (Lipinski definition) is 13. The van der Waals surface area contributed by atoms with Gasteiger partial charge in [0.05, 0.1) is 52.5 Å². The van der Waals surface area contributed by atoms with E-state index in [1.54, 1.807) is 52.0 Å². The minimum atomic E-state index is -2.05. The average Bonchev–Trinajstić information content (AvgIpc) is 3.46. The molecule has 3 aliphatic rings. The molecule has 0 saturated carbocycles. The van der Waals surface area contributed by atoms with Crippen molar-refractivity contribution in [3.63, 3.8) is 0 Å². The molecule has 6 N–H and O–H groups in total. The number of anilines is 1. The number of aromatic hydroxyl groups is 3. The summed E-state index contributed by atoms with van der Waals surface area (Å²) in [4.78, 5) is 44.9. The molecular weight excluding hydrogens is 760 g/mol. The number of phenolic OH excluding ortho intramolecular Hbond substituents is 3. The summed E-state index contributed by atoms with van der Waals surface area (Å²) >= 11 is 0. The fourth-order valence-electron chi connectivity index (χ4n) is 7.64. The summed E-state index contributed by atoms with van der Waals surface area (Å²) in [6.07, 6.45) is 4.74. The summed E-state index contributed by atoms with van der Waals surface area (Å²) in [5.74, 6) is -8.49. The third kappa shape index (κ3) is 8.70. The Morgan fingerprint density at radius 1 is 0.898 bits per heavy atom. The Morgan fingerprint density at radius 3 is 2.19 bits per heavy atom. The number of aliphatic imine (C=N–C) groups is 1. The van der Waals surface area contributed by atoms with Gasteiger partial charge in [-0.25, -0.2) is 0 Å². The van der Waals surface area contributed by atoms with Gasteiger partial charge in [-0.05, 0) is 39.0 Å². The average molecular weight is 815 g/mol. The largest absolute Gasteiger partial charge is 0.507 e. The molecule has 6 rings (SSSR count). The smallest absolute Gasteiger partial charge is 0.312 e. The molecule has 0 unspecified atom stereocenters. The number of allylic oxidation sites excluding steroid dienone is 2. The van der Waals surface area contributed by atoms with E-state index in [0.29, 0.717) is 5.69 Å². The monoisotopic (exact) mass is 814 g/mol. The Labute approximate surface area is 343 Å². The molecule has 0 saturated heterocycles. The highest BCUT2D eigenvalue weighted by atomic mass is 16.7. The number of rotatable bonds is 4. The summed E-state index contributed by atoms with van der Waals surface area (Å²) in [5, 5.41) is 60.4. The maximum atomic E-state index is 14.4. The summed E-state index contributed by atoms with van der Waals surface area (Å²) in [6.45, 7) is 14.4. The van der Waals surface area contributed by atoms with Gasteiger partial charge in [0, 0.05) is 67.4 Å². The van der Waals surface area contributed by atoms with Crippen molar-refractivity contribution >= 4 is 46.0 Å². The maximum Gasteiger partial charge on any atom is 0.312 e. The van der Waals surface area contributed by atoms with E-state index in [4.69, 9.17) is 18.9 Å². The van der Waals surface area contributed by atoms with E-state index in [1.165, 1.54) is 59.4 Å². The molecule has 3 aliphatic heterocycles. The van der Waals surface area contributed by atoms with Crippen LogP contribution < -0.4 is 10.1 Å². The number of Topliss-reactive ketones (excluding diaryl/α,β-unsaturated/α-hetero) is 1. The number of nitrogens with zero attached hydrogens (tertiary/aromatic N) is 1. The molecular formula is C45H54N2O12.